The van der Waals surface area contributed by atoms with Gasteiger partial charge in [0, 0.05) is 29.7 Å². The lowest BCUT2D eigenvalue weighted by molar-refractivity contribution is -0.150. The molecule has 1 unspecified atom stereocenters. The Morgan fingerprint density at radius 1 is 1.17 bits per heavy atom. The average molecular weight is 751 g/mol. The van der Waals surface area contributed by atoms with Crippen LogP contribution in [-0.2, 0) is 30.0 Å². The van der Waals surface area contributed by atoms with Crippen LogP contribution in [-0.4, -0.2) is 81.5 Å². The molecule has 1 saturated carbocycles. The van der Waals surface area contributed by atoms with Crippen molar-refractivity contribution in [3.8, 4) is 5.75 Å². The number of carbonyl (C=O) groups is 3. The molecule has 11 nitrogen and oxygen atoms in total. The van der Waals surface area contributed by atoms with Gasteiger partial charge in [-0.05, 0) is 59.4 Å². The fourth-order valence-corrected chi connectivity index (χ4v) is 7.88. The number of fused-ring (bicyclic) bond motifs is 5. The minimum atomic E-state index is -4.99. The predicted octanol–water partition coefficient (Wildman–Crippen LogP) is 5.75. The summed E-state index contributed by atoms with van der Waals surface area (Å²) in [6.45, 7) is 7.11. The molecule has 1 spiro atoms. The standard InChI is InChI=1S/C37H46ClF3N4O7/c1-5-50-33(49)36-16-21(36)12-9-7-6-8-10-15-24(42-20-51-34(2,3)4)32(48)45-19-35(17-25(45)31(47)44-36)18-26(46)27-22-13-11-14-23(38)28(22)43-30(29(27)52-35)37(39,40)41/h9,11-14,21,24-26,42,46H,5-8,10,15-20H2,1-4H3,(H,44,47)/b12-9-/t21-,24+,25+,26?,35+,36-/m1/s1. The molecule has 0 bridgehead atoms. The molecule has 6 atom stereocenters. The third kappa shape index (κ3) is 7.62. The first-order chi connectivity index (χ1) is 24.5. The van der Waals surface area contributed by atoms with Gasteiger partial charge in [-0.25, -0.2) is 9.78 Å². The molecule has 3 aliphatic heterocycles. The Labute approximate surface area is 305 Å². The second kappa shape index (κ2) is 14.4. The lowest BCUT2D eigenvalue weighted by Crippen LogP contribution is -2.56. The van der Waals surface area contributed by atoms with Crippen molar-refractivity contribution in [1.29, 1.82) is 0 Å². The third-order valence-electron chi connectivity index (χ3n) is 10.3. The van der Waals surface area contributed by atoms with Gasteiger partial charge < -0.3 is 29.5 Å². The third-order valence-corrected chi connectivity index (χ3v) is 10.6. The van der Waals surface area contributed by atoms with Crippen molar-refractivity contribution in [2.24, 2.45) is 5.92 Å². The van der Waals surface area contributed by atoms with Crippen LogP contribution in [0.25, 0.3) is 10.9 Å². The molecule has 4 aliphatic rings. The van der Waals surface area contributed by atoms with Gasteiger partial charge in [-0.1, -0.05) is 48.7 Å². The van der Waals surface area contributed by atoms with E-state index < -0.39 is 70.3 Å². The van der Waals surface area contributed by atoms with Crippen LogP contribution in [0, 0.1) is 5.92 Å². The Morgan fingerprint density at radius 3 is 2.65 bits per heavy atom. The fraction of sp³-hybridized carbons (Fsp3) is 0.622. The van der Waals surface area contributed by atoms with Gasteiger partial charge in [-0.2, -0.15) is 13.2 Å². The van der Waals surface area contributed by atoms with Gasteiger partial charge in [0.25, 0.3) is 0 Å². The lowest BCUT2D eigenvalue weighted by Gasteiger charge is -2.39. The highest BCUT2D eigenvalue weighted by Gasteiger charge is 2.63. The van der Waals surface area contributed by atoms with Gasteiger partial charge in [-0.3, -0.25) is 14.9 Å². The summed E-state index contributed by atoms with van der Waals surface area (Å²) in [5, 5.41) is 17.9. The van der Waals surface area contributed by atoms with Crippen LogP contribution < -0.4 is 15.4 Å². The zero-order chi connectivity index (χ0) is 37.6. The number of ether oxygens (including phenoxy) is 3. The van der Waals surface area contributed by atoms with Gasteiger partial charge in [0.15, 0.2) is 11.4 Å². The molecule has 1 aromatic carbocycles. The number of para-hydroxylation sites is 1. The topological polar surface area (TPSA) is 139 Å². The largest absolute Gasteiger partial charge is 0.483 e. The summed E-state index contributed by atoms with van der Waals surface area (Å²) in [4.78, 5) is 47.4. The molecule has 6 rings (SSSR count). The summed E-state index contributed by atoms with van der Waals surface area (Å²) in [5.41, 5.74) is -5.09. The van der Waals surface area contributed by atoms with Crippen LogP contribution >= 0.6 is 11.6 Å². The van der Waals surface area contributed by atoms with E-state index in [0.717, 1.165) is 19.3 Å². The number of aliphatic hydroxyl groups excluding tert-OH is 1. The highest BCUT2D eigenvalue weighted by atomic mass is 35.5. The molecule has 4 heterocycles. The van der Waals surface area contributed by atoms with Crippen molar-refractivity contribution < 1.29 is 46.9 Å². The summed E-state index contributed by atoms with van der Waals surface area (Å²) in [5.74, 6) is -2.73. The van der Waals surface area contributed by atoms with Crippen LogP contribution in [0.5, 0.6) is 5.75 Å². The zero-order valence-corrected chi connectivity index (χ0v) is 30.5. The highest BCUT2D eigenvalue weighted by molar-refractivity contribution is 6.35. The second-order valence-corrected chi connectivity index (χ2v) is 15.7. The first-order valence-corrected chi connectivity index (χ1v) is 18.3. The number of esters is 1. The molecule has 15 heteroatoms. The Bertz CT molecular complexity index is 1750. The van der Waals surface area contributed by atoms with Crippen molar-refractivity contribution in [3.05, 3.63) is 46.6 Å². The van der Waals surface area contributed by atoms with Crippen LogP contribution in [0.3, 0.4) is 0 Å². The van der Waals surface area contributed by atoms with E-state index in [1.807, 2.05) is 32.9 Å². The van der Waals surface area contributed by atoms with Gasteiger partial charge in [0.1, 0.15) is 17.2 Å². The molecular weight excluding hydrogens is 705 g/mol. The number of alkyl halides is 3. The molecule has 1 saturated heterocycles. The maximum absolute atomic E-state index is 14.6. The molecule has 284 valence electrons. The van der Waals surface area contributed by atoms with E-state index in [2.05, 4.69) is 15.6 Å². The second-order valence-electron chi connectivity index (χ2n) is 15.2. The number of rotatable bonds is 5. The number of hydrogen-bond acceptors (Lipinski definition) is 9. The number of amides is 2. The average Bonchev–Trinajstić information content (AvgIpc) is 3.63. The number of nitrogens with zero attached hydrogens (tertiary/aromatic N) is 2. The van der Waals surface area contributed by atoms with E-state index in [9.17, 15) is 32.7 Å². The normalized spacial score (nSPS) is 30.4. The van der Waals surface area contributed by atoms with E-state index in [-0.39, 0.29) is 60.1 Å². The Morgan fingerprint density at radius 2 is 1.94 bits per heavy atom. The number of aliphatic hydroxyl groups is 1. The molecule has 2 amide bonds. The maximum Gasteiger partial charge on any atom is 0.437 e. The summed E-state index contributed by atoms with van der Waals surface area (Å²) < 4.78 is 61.5. The van der Waals surface area contributed by atoms with Gasteiger partial charge in [0.05, 0.1) is 48.2 Å². The highest BCUT2D eigenvalue weighted by Crippen LogP contribution is 2.53. The SMILES string of the molecule is CCOC(=O)[C@@]12C[C@H]1/C=C\CCCCC[C@H](NCOC(C)(C)C)C(=O)N1C[C@@]3(CC(O)c4c(c(C(F)(F)F)nc5c(Cl)cccc45)O3)C[C@H]1C(=O)N2. The summed E-state index contributed by atoms with van der Waals surface area (Å²) in [7, 11) is 0. The first-order valence-electron chi connectivity index (χ1n) is 17.9. The maximum atomic E-state index is 14.6. The number of carbonyl (C=O) groups excluding carboxylic acids is 3. The van der Waals surface area contributed by atoms with Crippen molar-refractivity contribution >= 4 is 40.3 Å². The van der Waals surface area contributed by atoms with E-state index in [1.54, 1.807) is 13.0 Å². The first kappa shape index (κ1) is 38.3. The molecule has 0 radical (unpaired) electrons. The summed E-state index contributed by atoms with van der Waals surface area (Å²) >= 11 is 6.27. The number of aromatic nitrogens is 1. The number of benzene rings is 1. The van der Waals surface area contributed by atoms with Crippen LogP contribution in [0.4, 0.5) is 13.2 Å². The van der Waals surface area contributed by atoms with Crippen LogP contribution in [0.15, 0.2) is 30.4 Å². The quantitative estimate of drug-likeness (QED) is 0.198. The molecule has 3 N–H and O–H groups in total. The lowest BCUT2D eigenvalue weighted by atomic mass is 9.85. The summed E-state index contributed by atoms with van der Waals surface area (Å²) in [6, 6.07) is 2.41. The molecule has 2 aromatic rings. The number of allylic oxidation sites excluding steroid dienone is 1. The van der Waals surface area contributed by atoms with Gasteiger partial charge >= 0.3 is 12.1 Å². The monoisotopic (exact) mass is 750 g/mol. The number of nitrogens with one attached hydrogen (secondary N) is 2. The molecule has 2 fully saturated rings. The molecule has 1 aromatic heterocycles. The van der Waals surface area contributed by atoms with E-state index in [0.29, 0.717) is 19.3 Å². The summed E-state index contributed by atoms with van der Waals surface area (Å²) in [6.07, 6.45) is 0.743. The van der Waals surface area contributed by atoms with Crippen molar-refractivity contribution in [3.63, 3.8) is 0 Å². The van der Waals surface area contributed by atoms with Gasteiger partial charge in [0.2, 0.25) is 11.8 Å². The van der Waals surface area contributed by atoms with Gasteiger partial charge in [-0.15, -0.1) is 0 Å². The Balaban J connectivity index is 1.41. The van der Waals surface area contributed by atoms with Crippen LogP contribution in [0.1, 0.15) is 96.4 Å². The molecule has 52 heavy (non-hydrogen) atoms. The smallest absolute Gasteiger partial charge is 0.437 e. The molecule has 1 aliphatic carbocycles. The number of pyridine rings is 1. The minimum absolute atomic E-state index is 0.0231. The van der Waals surface area contributed by atoms with E-state index in [1.165, 1.54) is 17.0 Å². The minimum Gasteiger partial charge on any atom is -0.483 e. The fourth-order valence-electron chi connectivity index (χ4n) is 7.67. The zero-order valence-electron chi connectivity index (χ0n) is 29.8. The number of hydrogen-bond donors (Lipinski definition) is 3. The van der Waals surface area contributed by atoms with Crippen LogP contribution in [0.2, 0.25) is 5.02 Å². The van der Waals surface area contributed by atoms with Crippen molar-refractivity contribution in [2.45, 2.75) is 120 Å². The van der Waals surface area contributed by atoms with E-state index >= 15 is 0 Å². The van der Waals surface area contributed by atoms with Crippen molar-refractivity contribution in [2.75, 3.05) is 19.9 Å². The number of halogens is 4. The van der Waals surface area contributed by atoms with E-state index in [4.69, 9.17) is 25.8 Å². The Hall–Kier alpha value is -3.46. The Kier molecular flexibility index (Phi) is 10.6. The molecular formula is C37H46ClF3N4O7. The van der Waals surface area contributed by atoms with Crippen molar-refractivity contribution in [1.82, 2.24) is 20.5 Å². The predicted molar refractivity (Wildman–Crippen MR) is 185 cm³/mol.